The van der Waals surface area contributed by atoms with E-state index < -0.39 is 5.60 Å². The SMILES string of the molecule is CCCC(=O)N1CCN(CC(C)(C)O)CC1. The summed E-state index contributed by atoms with van der Waals surface area (Å²) in [6, 6.07) is 0. The number of piperazine rings is 1. The molecule has 1 aliphatic heterocycles. The Kier molecular flexibility index (Phi) is 4.74. The van der Waals surface area contributed by atoms with Crippen molar-refractivity contribution in [3.8, 4) is 0 Å². The first-order chi connectivity index (χ1) is 7.42. The first-order valence-corrected chi connectivity index (χ1v) is 6.15. The highest BCUT2D eigenvalue weighted by Gasteiger charge is 2.24. The lowest BCUT2D eigenvalue weighted by atomic mass is 10.1. The van der Waals surface area contributed by atoms with E-state index in [-0.39, 0.29) is 5.91 Å². The molecule has 4 heteroatoms. The van der Waals surface area contributed by atoms with Crippen LogP contribution in [-0.2, 0) is 4.79 Å². The predicted molar refractivity (Wildman–Crippen MR) is 64.2 cm³/mol. The van der Waals surface area contributed by atoms with Crippen LogP contribution in [0.3, 0.4) is 0 Å². The minimum absolute atomic E-state index is 0.269. The lowest BCUT2D eigenvalue weighted by Crippen LogP contribution is -2.51. The smallest absolute Gasteiger partial charge is 0.222 e. The van der Waals surface area contributed by atoms with Crippen molar-refractivity contribution >= 4 is 5.91 Å². The van der Waals surface area contributed by atoms with Crippen molar-refractivity contribution in [3.63, 3.8) is 0 Å². The molecule has 16 heavy (non-hydrogen) atoms. The van der Waals surface area contributed by atoms with Crippen molar-refractivity contribution in [1.29, 1.82) is 0 Å². The first-order valence-electron chi connectivity index (χ1n) is 6.15. The number of carbonyl (C=O) groups excluding carboxylic acids is 1. The maximum absolute atomic E-state index is 11.6. The number of hydrogen-bond acceptors (Lipinski definition) is 3. The topological polar surface area (TPSA) is 43.8 Å². The summed E-state index contributed by atoms with van der Waals surface area (Å²) in [6.45, 7) is 9.71. The van der Waals surface area contributed by atoms with Gasteiger partial charge < -0.3 is 10.0 Å². The molecule has 1 N–H and O–H groups in total. The van der Waals surface area contributed by atoms with E-state index in [0.717, 1.165) is 32.6 Å². The molecule has 0 atom stereocenters. The molecule has 1 aliphatic rings. The summed E-state index contributed by atoms with van der Waals surface area (Å²) in [5.74, 6) is 0.269. The van der Waals surface area contributed by atoms with Gasteiger partial charge in [-0.25, -0.2) is 0 Å². The Morgan fingerprint density at radius 2 is 1.81 bits per heavy atom. The number of nitrogens with zero attached hydrogens (tertiary/aromatic N) is 2. The second kappa shape index (κ2) is 5.64. The molecule has 0 spiro atoms. The van der Waals surface area contributed by atoms with E-state index in [1.54, 1.807) is 0 Å². The number of aliphatic hydroxyl groups is 1. The van der Waals surface area contributed by atoms with Crippen molar-refractivity contribution < 1.29 is 9.90 Å². The normalized spacial score (nSPS) is 18.9. The van der Waals surface area contributed by atoms with Gasteiger partial charge in [-0.1, -0.05) is 6.92 Å². The molecule has 0 aromatic rings. The molecule has 0 radical (unpaired) electrons. The molecular weight excluding hydrogens is 204 g/mol. The lowest BCUT2D eigenvalue weighted by molar-refractivity contribution is -0.133. The van der Waals surface area contributed by atoms with E-state index in [0.29, 0.717) is 13.0 Å². The molecule has 1 heterocycles. The van der Waals surface area contributed by atoms with E-state index >= 15 is 0 Å². The van der Waals surface area contributed by atoms with E-state index in [1.807, 2.05) is 25.7 Å². The van der Waals surface area contributed by atoms with Crippen LogP contribution < -0.4 is 0 Å². The van der Waals surface area contributed by atoms with Gasteiger partial charge in [0.1, 0.15) is 0 Å². The standard InChI is InChI=1S/C12H24N2O2/c1-4-5-11(15)14-8-6-13(7-9-14)10-12(2,3)16/h16H,4-10H2,1-3H3. The second-order valence-corrected chi connectivity index (χ2v) is 5.22. The van der Waals surface area contributed by atoms with Crippen LogP contribution in [0.15, 0.2) is 0 Å². The van der Waals surface area contributed by atoms with Gasteiger partial charge in [0.2, 0.25) is 5.91 Å². The van der Waals surface area contributed by atoms with Crippen molar-refractivity contribution in [3.05, 3.63) is 0 Å². The van der Waals surface area contributed by atoms with E-state index in [1.165, 1.54) is 0 Å². The van der Waals surface area contributed by atoms with E-state index in [2.05, 4.69) is 4.90 Å². The van der Waals surface area contributed by atoms with Crippen molar-refractivity contribution in [2.45, 2.75) is 39.2 Å². The minimum atomic E-state index is -0.643. The van der Waals surface area contributed by atoms with Crippen LogP contribution in [0.5, 0.6) is 0 Å². The summed E-state index contributed by atoms with van der Waals surface area (Å²) < 4.78 is 0. The Bertz CT molecular complexity index is 228. The average Bonchev–Trinajstić information content (AvgIpc) is 2.16. The van der Waals surface area contributed by atoms with Crippen molar-refractivity contribution in [2.75, 3.05) is 32.7 Å². The predicted octanol–water partition coefficient (Wildman–Crippen LogP) is 0.702. The quantitative estimate of drug-likeness (QED) is 0.770. The zero-order chi connectivity index (χ0) is 12.2. The molecule has 0 aliphatic carbocycles. The highest BCUT2D eigenvalue weighted by molar-refractivity contribution is 5.76. The van der Waals surface area contributed by atoms with Crippen molar-refractivity contribution in [1.82, 2.24) is 9.80 Å². The van der Waals surface area contributed by atoms with E-state index in [4.69, 9.17) is 0 Å². The maximum atomic E-state index is 11.6. The van der Waals surface area contributed by atoms with Crippen LogP contribution >= 0.6 is 0 Å². The number of carbonyl (C=O) groups is 1. The zero-order valence-corrected chi connectivity index (χ0v) is 10.7. The molecule has 94 valence electrons. The third-order valence-corrected chi connectivity index (χ3v) is 2.80. The van der Waals surface area contributed by atoms with Crippen LogP contribution in [0.4, 0.5) is 0 Å². The third-order valence-electron chi connectivity index (χ3n) is 2.80. The number of hydrogen-bond donors (Lipinski definition) is 1. The Morgan fingerprint density at radius 3 is 2.25 bits per heavy atom. The fourth-order valence-corrected chi connectivity index (χ4v) is 2.07. The van der Waals surface area contributed by atoms with Gasteiger partial charge in [0.25, 0.3) is 0 Å². The summed E-state index contributed by atoms with van der Waals surface area (Å²) >= 11 is 0. The average molecular weight is 228 g/mol. The molecule has 1 amide bonds. The van der Waals surface area contributed by atoms with E-state index in [9.17, 15) is 9.90 Å². The molecule has 1 rings (SSSR count). The Hall–Kier alpha value is -0.610. The van der Waals surface area contributed by atoms with Gasteiger partial charge in [-0.3, -0.25) is 9.69 Å². The summed E-state index contributed by atoms with van der Waals surface area (Å²) in [5, 5.41) is 9.71. The fraction of sp³-hybridized carbons (Fsp3) is 0.917. The molecule has 0 saturated carbocycles. The van der Waals surface area contributed by atoms with Crippen LogP contribution in [0.25, 0.3) is 0 Å². The van der Waals surface area contributed by atoms with Gasteiger partial charge >= 0.3 is 0 Å². The number of β-amino-alcohol motifs (C(OH)–C–C–N with tert-alkyl or cyclic N) is 1. The van der Waals surface area contributed by atoms with Gasteiger partial charge in [-0.2, -0.15) is 0 Å². The summed E-state index contributed by atoms with van der Waals surface area (Å²) in [4.78, 5) is 15.8. The van der Waals surface area contributed by atoms with Gasteiger partial charge in [-0.05, 0) is 20.3 Å². The Morgan fingerprint density at radius 1 is 1.25 bits per heavy atom. The molecule has 4 nitrogen and oxygen atoms in total. The monoisotopic (exact) mass is 228 g/mol. The molecule has 1 saturated heterocycles. The largest absolute Gasteiger partial charge is 0.389 e. The lowest BCUT2D eigenvalue weighted by Gasteiger charge is -2.37. The molecule has 0 bridgehead atoms. The first kappa shape index (κ1) is 13.5. The van der Waals surface area contributed by atoms with Crippen LogP contribution in [0, 0.1) is 0 Å². The minimum Gasteiger partial charge on any atom is -0.389 e. The highest BCUT2D eigenvalue weighted by Crippen LogP contribution is 2.09. The molecule has 0 aromatic heterocycles. The Labute approximate surface area is 98.2 Å². The highest BCUT2D eigenvalue weighted by atomic mass is 16.3. The molecule has 0 aromatic carbocycles. The maximum Gasteiger partial charge on any atom is 0.222 e. The van der Waals surface area contributed by atoms with Crippen LogP contribution in [0.1, 0.15) is 33.6 Å². The molecular formula is C12H24N2O2. The number of rotatable bonds is 4. The molecule has 0 unspecified atom stereocenters. The van der Waals surface area contributed by atoms with Crippen LogP contribution in [0.2, 0.25) is 0 Å². The molecule has 1 fully saturated rings. The number of amides is 1. The zero-order valence-electron chi connectivity index (χ0n) is 10.7. The van der Waals surface area contributed by atoms with Gasteiger partial charge in [0, 0.05) is 39.1 Å². The van der Waals surface area contributed by atoms with Gasteiger partial charge in [0.15, 0.2) is 0 Å². The summed E-state index contributed by atoms with van der Waals surface area (Å²) in [7, 11) is 0. The Balaban J connectivity index is 2.31. The third kappa shape index (κ3) is 4.49. The summed E-state index contributed by atoms with van der Waals surface area (Å²) in [5.41, 5.74) is -0.643. The van der Waals surface area contributed by atoms with Gasteiger partial charge in [0.05, 0.1) is 5.60 Å². The van der Waals surface area contributed by atoms with Gasteiger partial charge in [-0.15, -0.1) is 0 Å². The summed E-state index contributed by atoms with van der Waals surface area (Å²) in [6.07, 6.45) is 1.58. The fourth-order valence-electron chi connectivity index (χ4n) is 2.07. The van der Waals surface area contributed by atoms with Crippen molar-refractivity contribution in [2.24, 2.45) is 0 Å². The second-order valence-electron chi connectivity index (χ2n) is 5.22. The van der Waals surface area contributed by atoms with Crippen LogP contribution in [-0.4, -0.2) is 59.1 Å².